The highest BCUT2D eigenvalue weighted by atomic mass is 16.5. The lowest BCUT2D eigenvalue weighted by Crippen LogP contribution is -2.45. The standard InChI is InChI=1S/C29H35N3O2.C3H6/c1-19-6-12-24-21(3)31-14-4-5-25(31)27(17-30)32(26(24)15-19)18-22-8-10-23(11-9-22)34-29-16-20(2)7-13-28(29)33;1-3-2/h6,8-12,15,20,25,27-29,33H,3-5,7,13-14,16,18H2,1-2H3;3H,1H2,2H3/t20-,25?,27?,28?,29?;/m0./s1. The van der Waals surface area contributed by atoms with Crippen LogP contribution in [0.15, 0.2) is 61.7 Å². The second kappa shape index (κ2) is 11.9. The van der Waals surface area contributed by atoms with Crippen molar-refractivity contribution in [3.8, 4) is 11.8 Å². The molecule has 2 fully saturated rings. The molecule has 5 rings (SSSR count). The highest BCUT2D eigenvalue weighted by Crippen LogP contribution is 2.41. The molecule has 3 aliphatic rings. The van der Waals surface area contributed by atoms with Gasteiger partial charge in [0.15, 0.2) is 0 Å². The number of aryl methyl sites for hydroxylation is 1. The van der Waals surface area contributed by atoms with Crippen molar-refractivity contribution >= 4 is 11.4 Å². The zero-order chi connectivity index (χ0) is 26.5. The first-order valence-electron chi connectivity index (χ1n) is 13.6. The maximum atomic E-state index is 10.3. The Hall–Kier alpha value is -3.23. The van der Waals surface area contributed by atoms with Gasteiger partial charge in [-0.15, -0.1) is 6.58 Å². The van der Waals surface area contributed by atoms with E-state index in [-0.39, 0.29) is 18.2 Å². The quantitative estimate of drug-likeness (QED) is 0.489. The van der Waals surface area contributed by atoms with E-state index in [0.717, 1.165) is 66.9 Å². The summed E-state index contributed by atoms with van der Waals surface area (Å²) in [4.78, 5) is 4.61. The van der Waals surface area contributed by atoms with Crippen LogP contribution in [0.4, 0.5) is 5.69 Å². The summed E-state index contributed by atoms with van der Waals surface area (Å²) in [6.07, 6.45) is 6.06. The smallest absolute Gasteiger partial charge is 0.137 e. The lowest BCUT2D eigenvalue weighted by Gasteiger charge is -2.34. The Kier molecular flexibility index (Phi) is 8.61. The van der Waals surface area contributed by atoms with E-state index in [1.165, 1.54) is 5.56 Å². The minimum atomic E-state index is -0.397. The van der Waals surface area contributed by atoms with Crippen LogP contribution in [0.5, 0.6) is 5.75 Å². The molecule has 196 valence electrons. The van der Waals surface area contributed by atoms with E-state index in [1.807, 2.05) is 19.1 Å². The Bertz CT molecular complexity index is 1140. The molecule has 2 aliphatic heterocycles. The number of nitriles is 1. The summed E-state index contributed by atoms with van der Waals surface area (Å²) in [5, 5.41) is 20.6. The molecule has 5 heteroatoms. The molecule has 0 radical (unpaired) electrons. The van der Waals surface area contributed by atoms with Gasteiger partial charge in [-0.2, -0.15) is 5.26 Å². The molecule has 1 N–H and O–H groups in total. The summed E-state index contributed by atoms with van der Waals surface area (Å²) in [6, 6.07) is 17.2. The van der Waals surface area contributed by atoms with E-state index in [1.54, 1.807) is 6.08 Å². The molecule has 5 atom stereocenters. The molecule has 37 heavy (non-hydrogen) atoms. The average molecular weight is 500 g/mol. The van der Waals surface area contributed by atoms with E-state index in [2.05, 4.69) is 73.2 Å². The number of allylic oxidation sites excluding steroid dienone is 1. The van der Waals surface area contributed by atoms with Gasteiger partial charge in [0.05, 0.1) is 18.2 Å². The van der Waals surface area contributed by atoms with Gasteiger partial charge in [0.1, 0.15) is 17.9 Å². The third-order valence-electron chi connectivity index (χ3n) is 7.83. The number of benzene rings is 2. The molecular weight excluding hydrogens is 458 g/mol. The van der Waals surface area contributed by atoms with Crippen molar-refractivity contribution in [1.82, 2.24) is 4.90 Å². The zero-order valence-electron chi connectivity index (χ0n) is 22.6. The summed E-state index contributed by atoms with van der Waals surface area (Å²) < 4.78 is 6.15. The fraction of sp³-hybridized carbons (Fsp3) is 0.469. The van der Waals surface area contributed by atoms with E-state index in [0.29, 0.717) is 12.5 Å². The molecule has 0 bridgehead atoms. The fourth-order valence-corrected chi connectivity index (χ4v) is 5.91. The highest BCUT2D eigenvalue weighted by molar-refractivity contribution is 5.78. The third-order valence-corrected chi connectivity index (χ3v) is 7.83. The first kappa shape index (κ1) is 26.8. The predicted octanol–water partition coefficient (Wildman–Crippen LogP) is 6.46. The van der Waals surface area contributed by atoms with Crippen LogP contribution < -0.4 is 9.64 Å². The molecule has 1 saturated heterocycles. The van der Waals surface area contributed by atoms with Crippen LogP contribution in [0.3, 0.4) is 0 Å². The summed E-state index contributed by atoms with van der Waals surface area (Å²) in [6.45, 7) is 15.6. The number of hydrogen-bond donors (Lipinski definition) is 1. The Balaban J connectivity index is 0.00000102. The molecule has 2 heterocycles. The minimum Gasteiger partial charge on any atom is -0.488 e. The van der Waals surface area contributed by atoms with E-state index in [4.69, 9.17) is 4.74 Å². The first-order chi connectivity index (χ1) is 17.9. The SMILES string of the molecule is C=C1c2ccc(C)cc2N(Cc2ccc(OC3C[C@@H](C)CCC3O)cc2)C(C#N)C2CCCN12.C=CC. The number of aliphatic hydroxyl groups is 1. The Morgan fingerprint density at radius 1 is 1.16 bits per heavy atom. The molecule has 2 aromatic rings. The molecule has 4 unspecified atom stereocenters. The monoisotopic (exact) mass is 499 g/mol. The van der Waals surface area contributed by atoms with Crippen LogP contribution in [0.25, 0.3) is 5.70 Å². The van der Waals surface area contributed by atoms with Crippen LogP contribution in [-0.4, -0.2) is 40.8 Å². The molecule has 0 amide bonds. The van der Waals surface area contributed by atoms with Crippen LogP contribution in [0.1, 0.15) is 62.6 Å². The van der Waals surface area contributed by atoms with Gasteiger partial charge in [0, 0.05) is 30.0 Å². The van der Waals surface area contributed by atoms with Gasteiger partial charge in [-0.05, 0) is 81.2 Å². The number of nitrogens with zero attached hydrogens (tertiary/aromatic N) is 3. The predicted molar refractivity (Wildman–Crippen MR) is 151 cm³/mol. The van der Waals surface area contributed by atoms with Crippen molar-refractivity contribution in [2.45, 2.75) is 83.7 Å². The van der Waals surface area contributed by atoms with E-state index < -0.39 is 6.10 Å². The third kappa shape index (κ3) is 5.86. The van der Waals surface area contributed by atoms with Gasteiger partial charge in [0.25, 0.3) is 0 Å². The summed E-state index contributed by atoms with van der Waals surface area (Å²) >= 11 is 0. The van der Waals surface area contributed by atoms with Crippen molar-refractivity contribution in [2.24, 2.45) is 5.92 Å². The first-order valence-corrected chi connectivity index (χ1v) is 13.6. The second-order valence-electron chi connectivity index (χ2n) is 10.8. The van der Waals surface area contributed by atoms with Crippen molar-refractivity contribution in [3.63, 3.8) is 0 Å². The molecule has 0 aromatic heterocycles. The topological polar surface area (TPSA) is 59.7 Å². The van der Waals surface area contributed by atoms with Gasteiger partial charge in [-0.1, -0.05) is 43.8 Å². The van der Waals surface area contributed by atoms with Crippen LogP contribution >= 0.6 is 0 Å². The van der Waals surface area contributed by atoms with Crippen molar-refractivity contribution in [1.29, 1.82) is 5.26 Å². The van der Waals surface area contributed by atoms with E-state index >= 15 is 0 Å². The Labute approximate surface area is 222 Å². The van der Waals surface area contributed by atoms with Gasteiger partial charge in [-0.3, -0.25) is 0 Å². The van der Waals surface area contributed by atoms with Crippen LogP contribution in [0, 0.1) is 24.2 Å². The van der Waals surface area contributed by atoms with Gasteiger partial charge < -0.3 is 19.6 Å². The largest absolute Gasteiger partial charge is 0.488 e. The maximum absolute atomic E-state index is 10.3. The zero-order valence-corrected chi connectivity index (χ0v) is 22.6. The molecule has 5 nitrogen and oxygen atoms in total. The van der Waals surface area contributed by atoms with Gasteiger partial charge in [-0.25, -0.2) is 0 Å². The number of aliphatic hydroxyl groups excluding tert-OH is 1. The normalized spacial score (nSPS) is 26.7. The van der Waals surface area contributed by atoms with Gasteiger partial charge in [0.2, 0.25) is 0 Å². The number of fused-ring (bicyclic) bond motifs is 2. The summed E-state index contributed by atoms with van der Waals surface area (Å²) in [7, 11) is 0. The van der Waals surface area contributed by atoms with Gasteiger partial charge >= 0.3 is 0 Å². The summed E-state index contributed by atoms with van der Waals surface area (Å²) in [5.74, 6) is 1.37. The lowest BCUT2D eigenvalue weighted by molar-refractivity contribution is -0.00758. The summed E-state index contributed by atoms with van der Waals surface area (Å²) in [5.41, 5.74) is 5.56. The number of anilines is 1. The molecule has 1 saturated carbocycles. The number of hydrogen-bond acceptors (Lipinski definition) is 5. The molecule has 0 spiro atoms. The lowest BCUT2D eigenvalue weighted by atomic mass is 9.86. The molecule has 1 aliphatic carbocycles. The van der Waals surface area contributed by atoms with Crippen molar-refractivity contribution in [2.75, 3.05) is 11.4 Å². The minimum absolute atomic E-state index is 0.141. The molecule has 2 aromatic carbocycles. The van der Waals surface area contributed by atoms with Crippen LogP contribution in [0.2, 0.25) is 0 Å². The highest BCUT2D eigenvalue weighted by Gasteiger charge is 2.40. The second-order valence-corrected chi connectivity index (χ2v) is 10.8. The average Bonchev–Trinajstić information content (AvgIpc) is 3.34. The Morgan fingerprint density at radius 3 is 2.59 bits per heavy atom. The Morgan fingerprint density at radius 2 is 1.89 bits per heavy atom. The number of rotatable bonds is 4. The van der Waals surface area contributed by atoms with Crippen molar-refractivity contribution in [3.05, 3.63) is 78.4 Å². The fourth-order valence-electron chi connectivity index (χ4n) is 5.91. The maximum Gasteiger partial charge on any atom is 0.137 e. The number of ether oxygens (including phenoxy) is 1. The van der Waals surface area contributed by atoms with E-state index in [9.17, 15) is 10.4 Å². The molecular formula is C32H41N3O2. The van der Waals surface area contributed by atoms with Crippen molar-refractivity contribution < 1.29 is 9.84 Å². The van der Waals surface area contributed by atoms with Crippen LogP contribution in [-0.2, 0) is 6.54 Å².